The molecule has 274 valence electrons. The van der Waals surface area contributed by atoms with Gasteiger partial charge in [0.1, 0.15) is 30.8 Å². The van der Waals surface area contributed by atoms with Crippen LogP contribution in [-0.4, -0.2) is 86.1 Å². The third kappa shape index (κ3) is 10.3. The lowest BCUT2D eigenvalue weighted by Gasteiger charge is -2.30. The third-order valence-electron chi connectivity index (χ3n) is 7.95. The van der Waals surface area contributed by atoms with E-state index in [1.54, 1.807) is 74.5 Å². The monoisotopic (exact) mass is 719 g/mol. The quantitative estimate of drug-likeness (QED) is 0.135. The summed E-state index contributed by atoms with van der Waals surface area (Å²) in [5, 5.41) is 17.5. The van der Waals surface area contributed by atoms with Gasteiger partial charge in [-0.3, -0.25) is 34.0 Å². The Morgan fingerprint density at radius 3 is 2.17 bits per heavy atom. The zero-order valence-corrected chi connectivity index (χ0v) is 28.5. The van der Waals surface area contributed by atoms with Crippen molar-refractivity contribution in [2.75, 3.05) is 25.0 Å². The maximum Gasteiger partial charge on any atom is 0.412 e. The predicted octanol–water partition coefficient (Wildman–Crippen LogP) is 2.76. The second kappa shape index (κ2) is 18.3. The summed E-state index contributed by atoms with van der Waals surface area (Å²) in [7, 11) is 0. The molecular weight excluding hydrogens is 680 g/mol. The Morgan fingerprint density at radius 2 is 1.56 bits per heavy atom. The molecule has 2 aromatic heterocycles. The van der Waals surface area contributed by atoms with E-state index >= 15 is 8.78 Å². The molecule has 2 atom stereocenters. The molecule has 2 aromatic carbocycles. The molecule has 4 amide bonds. The minimum Gasteiger partial charge on any atom is -0.444 e. The van der Waals surface area contributed by atoms with Gasteiger partial charge in [-0.2, -0.15) is 8.78 Å². The van der Waals surface area contributed by atoms with Crippen molar-refractivity contribution >= 4 is 29.5 Å². The van der Waals surface area contributed by atoms with E-state index < -0.39 is 60.5 Å². The number of likely N-dealkylation sites (N-methyl/N-ethyl adjacent to an activating group) is 1. The van der Waals surface area contributed by atoms with E-state index in [0.717, 1.165) is 10.8 Å². The number of nitrogens with one attached hydrogen (secondary N) is 3. The van der Waals surface area contributed by atoms with Gasteiger partial charge in [0.2, 0.25) is 11.8 Å². The molecule has 0 saturated heterocycles. The lowest BCUT2D eigenvalue weighted by Crippen LogP contribution is -2.59. The van der Waals surface area contributed by atoms with Crippen molar-refractivity contribution in [3.8, 4) is 11.4 Å². The molecule has 2 unspecified atom stereocenters. The fraction of sp³-hybridized carbons (Fsp3) is 0.306. The van der Waals surface area contributed by atoms with Crippen LogP contribution in [0.2, 0.25) is 0 Å². The number of aromatic nitrogens is 3. The number of carbonyl (C=O) groups excluding carboxylic acids is 4. The summed E-state index contributed by atoms with van der Waals surface area (Å²) in [4.78, 5) is 74.3. The summed E-state index contributed by atoms with van der Waals surface area (Å²) in [6, 6.07) is 18.2. The molecule has 0 saturated carbocycles. The molecular formula is C36H39F2N7O7. The Hall–Kier alpha value is -6.03. The van der Waals surface area contributed by atoms with Crippen LogP contribution >= 0.6 is 0 Å². The molecule has 14 nitrogen and oxygen atoms in total. The number of aliphatic hydroxyl groups is 1. The Kier molecular flexibility index (Phi) is 13.6. The lowest BCUT2D eigenvalue weighted by molar-refractivity contribution is -0.168. The van der Waals surface area contributed by atoms with Crippen LogP contribution in [0.3, 0.4) is 0 Å². The Labute approximate surface area is 297 Å². The lowest BCUT2D eigenvalue weighted by atomic mass is 9.96. The fourth-order valence-electron chi connectivity index (χ4n) is 5.18. The van der Waals surface area contributed by atoms with Crippen LogP contribution in [0.15, 0.2) is 96.2 Å². The molecule has 0 aliphatic carbocycles. The zero-order chi connectivity index (χ0) is 37.7. The van der Waals surface area contributed by atoms with Gasteiger partial charge in [0, 0.05) is 31.0 Å². The van der Waals surface area contributed by atoms with E-state index in [1.165, 1.54) is 29.4 Å². The predicted molar refractivity (Wildman–Crippen MR) is 186 cm³/mol. The van der Waals surface area contributed by atoms with Crippen LogP contribution in [0.1, 0.15) is 25.0 Å². The SMILES string of the molecule is CCN(CC)C(=O)CNC(=O)C(F)(F)C(O)C(Cc1ccccc1)NC(=O)Cn1c(-c2ccncc2)ncc(NC(=O)OCc2ccccc2)c1=O. The highest BCUT2D eigenvalue weighted by molar-refractivity contribution is 5.89. The summed E-state index contributed by atoms with van der Waals surface area (Å²) in [5.74, 6) is -7.99. The van der Waals surface area contributed by atoms with E-state index in [1.807, 2.05) is 5.32 Å². The molecule has 0 aliphatic rings. The van der Waals surface area contributed by atoms with Crippen molar-refractivity contribution in [2.45, 2.75) is 51.5 Å². The van der Waals surface area contributed by atoms with Crippen LogP contribution in [0, 0.1) is 0 Å². The van der Waals surface area contributed by atoms with Gasteiger partial charge in [-0.05, 0) is 43.5 Å². The number of carbonyl (C=O) groups is 4. The highest BCUT2D eigenvalue weighted by Gasteiger charge is 2.50. The molecule has 4 aromatic rings. The summed E-state index contributed by atoms with van der Waals surface area (Å²) in [6.07, 6.45) is -0.138. The van der Waals surface area contributed by atoms with Crippen molar-refractivity contribution in [2.24, 2.45) is 0 Å². The van der Waals surface area contributed by atoms with Gasteiger partial charge in [0.25, 0.3) is 11.5 Å². The van der Waals surface area contributed by atoms with Gasteiger partial charge >= 0.3 is 12.0 Å². The first-order chi connectivity index (χ1) is 24.9. The number of amides is 4. The molecule has 16 heteroatoms. The fourth-order valence-corrected chi connectivity index (χ4v) is 5.18. The van der Waals surface area contributed by atoms with Crippen molar-refractivity contribution in [3.63, 3.8) is 0 Å². The standard InChI is InChI=1S/C36H39F2N7O7/c1-3-44(4-2)30(47)21-41-34(50)36(37,38)31(48)27(19-24-11-7-5-8-12-24)42-29(46)22-45-32(26-15-17-39-18-16-26)40-20-28(33(45)49)43-35(51)52-23-25-13-9-6-10-14-25/h5-18,20,27,31,48H,3-4,19,21-23H2,1-2H3,(H,41,50)(H,42,46)(H,43,51). The molecule has 0 fully saturated rings. The minimum absolute atomic E-state index is 0.0199. The van der Waals surface area contributed by atoms with Crippen LogP contribution in [0.5, 0.6) is 0 Å². The second-order valence-corrected chi connectivity index (χ2v) is 11.5. The molecule has 0 bridgehead atoms. The molecule has 0 radical (unpaired) electrons. The highest BCUT2D eigenvalue weighted by atomic mass is 19.3. The number of nitrogens with zero attached hydrogens (tertiary/aromatic N) is 4. The van der Waals surface area contributed by atoms with E-state index in [9.17, 15) is 29.1 Å². The van der Waals surface area contributed by atoms with Gasteiger partial charge in [0.15, 0.2) is 0 Å². The topological polar surface area (TPSA) is 185 Å². The largest absolute Gasteiger partial charge is 0.444 e. The number of rotatable bonds is 16. The summed E-state index contributed by atoms with van der Waals surface area (Å²) >= 11 is 0. The molecule has 4 rings (SSSR count). The van der Waals surface area contributed by atoms with E-state index in [4.69, 9.17) is 4.74 Å². The number of benzene rings is 2. The number of hydrogen-bond acceptors (Lipinski definition) is 9. The maximum atomic E-state index is 15.5. The molecule has 52 heavy (non-hydrogen) atoms. The second-order valence-electron chi connectivity index (χ2n) is 11.5. The smallest absolute Gasteiger partial charge is 0.412 e. The minimum atomic E-state index is -4.46. The number of hydrogen-bond donors (Lipinski definition) is 4. The van der Waals surface area contributed by atoms with Crippen molar-refractivity contribution in [1.29, 1.82) is 0 Å². The Balaban J connectivity index is 1.58. The van der Waals surface area contributed by atoms with Crippen LogP contribution in [0.4, 0.5) is 19.3 Å². The van der Waals surface area contributed by atoms with E-state index in [-0.39, 0.29) is 24.5 Å². The number of ether oxygens (including phenoxy) is 1. The normalized spacial score (nSPS) is 12.2. The molecule has 0 aliphatic heterocycles. The van der Waals surface area contributed by atoms with Crippen molar-refractivity contribution in [1.82, 2.24) is 30.1 Å². The average Bonchev–Trinajstić information content (AvgIpc) is 3.15. The average molecular weight is 720 g/mol. The first-order valence-electron chi connectivity index (χ1n) is 16.4. The maximum absolute atomic E-state index is 15.5. The van der Waals surface area contributed by atoms with Gasteiger partial charge in [-0.15, -0.1) is 0 Å². The summed E-state index contributed by atoms with van der Waals surface area (Å²) in [6.45, 7) is 2.36. The van der Waals surface area contributed by atoms with Gasteiger partial charge < -0.3 is 25.4 Å². The first kappa shape index (κ1) is 38.8. The van der Waals surface area contributed by atoms with Gasteiger partial charge in [-0.25, -0.2) is 9.78 Å². The van der Waals surface area contributed by atoms with Crippen molar-refractivity contribution < 1.29 is 37.8 Å². The Bertz CT molecular complexity index is 1880. The van der Waals surface area contributed by atoms with E-state index in [0.29, 0.717) is 29.8 Å². The molecule has 0 spiro atoms. The van der Waals surface area contributed by atoms with Crippen LogP contribution in [0.25, 0.3) is 11.4 Å². The zero-order valence-electron chi connectivity index (χ0n) is 28.5. The number of anilines is 1. The van der Waals surface area contributed by atoms with Gasteiger partial charge in [-0.1, -0.05) is 60.7 Å². The number of aliphatic hydroxyl groups excluding tert-OH is 1. The van der Waals surface area contributed by atoms with E-state index in [2.05, 4.69) is 20.6 Å². The third-order valence-corrected chi connectivity index (χ3v) is 7.95. The Morgan fingerprint density at radius 1 is 0.942 bits per heavy atom. The summed E-state index contributed by atoms with van der Waals surface area (Å²) in [5.41, 5.74) is 0.280. The first-order valence-corrected chi connectivity index (χ1v) is 16.4. The number of alkyl halides is 2. The highest BCUT2D eigenvalue weighted by Crippen LogP contribution is 2.24. The van der Waals surface area contributed by atoms with Crippen molar-refractivity contribution in [3.05, 3.63) is 113 Å². The molecule has 4 N–H and O–H groups in total. The number of pyridine rings is 1. The van der Waals surface area contributed by atoms with Crippen LogP contribution < -0.4 is 21.5 Å². The number of halogens is 2. The van der Waals surface area contributed by atoms with Gasteiger partial charge in [0.05, 0.1) is 18.8 Å². The van der Waals surface area contributed by atoms with Crippen LogP contribution in [-0.2, 0) is 38.7 Å². The molecule has 2 heterocycles. The summed E-state index contributed by atoms with van der Waals surface area (Å²) < 4.78 is 37.1.